The predicted octanol–water partition coefficient (Wildman–Crippen LogP) is 2.46. The van der Waals surface area contributed by atoms with Crippen molar-refractivity contribution < 1.29 is 14.3 Å². The van der Waals surface area contributed by atoms with Crippen molar-refractivity contribution in [1.82, 2.24) is 4.98 Å². The molecule has 0 saturated heterocycles. The number of aromatic nitrogens is 1. The summed E-state index contributed by atoms with van der Waals surface area (Å²) in [6.07, 6.45) is 0.776. The molecule has 0 aliphatic heterocycles. The Balaban J connectivity index is 2.25. The molecule has 98 valence electrons. The quantitative estimate of drug-likeness (QED) is 0.769. The maximum atomic E-state index is 11.9. The second-order valence-corrected chi connectivity index (χ2v) is 4.93. The molecular formula is C14H19NO3. The van der Waals surface area contributed by atoms with E-state index >= 15 is 0 Å². The average Bonchev–Trinajstić information content (AvgIpc) is 3.03. The topological polar surface area (TPSA) is 48.4 Å². The fraction of sp³-hybridized carbons (Fsp3) is 0.571. The Morgan fingerprint density at radius 2 is 2.28 bits per heavy atom. The van der Waals surface area contributed by atoms with E-state index in [-0.39, 0.29) is 11.9 Å². The molecule has 2 atom stereocenters. The van der Waals surface area contributed by atoms with Crippen LogP contribution < -0.4 is 4.74 Å². The lowest BCUT2D eigenvalue weighted by atomic mass is 10.0. The number of hydrogen-bond acceptors (Lipinski definition) is 4. The van der Waals surface area contributed by atoms with E-state index in [1.54, 1.807) is 7.11 Å². The van der Waals surface area contributed by atoms with Gasteiger partial charge in [0.15, 0.2) is 0 Å². The number of carbonyl (C=O) groups excluding carboxylic acids is 1. The van der Waals surface area contributed by atoms with Crippen LogP contribution in [-0.2, 0) is 9.53 Å². The van der Waals surface area contributed by atoms with Gasteiger partial charge in [-0.2, -0.15) is 0 Å². The van der Waals surface area contributed by atoms with Gasteiger partial charge in [-0.3, -0.25) is 9.78 Å². The van der Waals surface area contributed by atoms with Crippen molar-refractivity contribution in [3.63, 3.8) is 0 Å². The zero-order valence-electron chi connectivity index (χ0n) is 11.3. The number of carbonyl (C=O) groups is 1. The lowest BCUT2D eigenvalue weighted by Gasteiger charge is -2.12. The van der Waals surface area contributed by atoms with E-state index in [0.717, 1.165) is 23.6 Å². The van der Waals surface area contributed by atoms with Gasteiger partial charge in [-0.05, 0) is 39.3 Å². The molecule has 4 heteroatoms. The highest BCUT2D eigenvalue weighted by molar-refractivity contribution is 5.82. The van der Waals surface area contributed by atoms with Gasteiger partial charge in [-0.15, -0.1) is 0 Å². The first-order valence-corrected chi connectivity index (χ1v) is 6.21. The van der Waals surface area contributed by atoms with Crippen LogP contribution in [0.2, 0.25) is 0 Å². The van der Waals surface area contributed by atoms with Crippen LogP contribution in [0.4, 0.5) is 0 Å². The molecule has 0 spiro atoms. The molecule has 0 radical (unpaired) electrons. The Bertz CT molecular complexity index is 472. The third-order valence-corrected chi connectivity index (χ3v) is 3.55. The highest BCUT2D eigenvalue weighted by Crippen LogP contribution is 2.60. The Kier molecular flexibility index (Phi) is 3.28. The van der Waals surface area contributed by atoms with Crippen molar-refractivity contribution in [3.8, 4) is 5.75 Å². The van der Waals surface area contributed by atoms with Crippen LogP contribution in [0.1, 0.15) is 37.6 Å². The van der Waals surface area contributed by atoms with Crippen molar-refractivity contribution in [1.29, 1.82) is 0 Å². The standard InChI is InChI=1S/C14H19NO3/c1-5-18-13(16)14(3)8-10(14)12-11(17-4)7-6-9(2)15-12/h6-7,10H,5,8H2,1-4H3. The highest BCUT2D eigenvalue weighted by Gasteiger charge is 2.59. The fourth-order valence-corrected chi connectivity index (χ4v) is 2.27. The summed E-state index contributed by atoms with van der Waals surface area (Å²) >= 11 is 0. The van der Waals surface area contributed by atoms with Crippen molar-refractivity contribution in [2.75, 3.05) is 13.7 Å². The molecule has 4 nitrogen and oxygen atoms in total. The van der Waals surface area contributed by atoms with E-state index in [4.69, 9.17) is 9.47 Å². The van der Waals surface area contributed by atoms with Crippen molar-refractivity contribution in [2.45, 2.75) is 33.1 Å². The first-order valence-electron chi connectivity index (χ1n) is 6.21. The molecule has 0 N–H and O–H groups in total. The van der Waals surface area contributed by atoms with Crippen LogP contribution in [0.5, 0.6) is 5.75 Å². The van der Waals surface area contributed by atoms with Gasteiger partial charge < -0.3 is 9.47 Å². The van der Waals surface area contributed by atoms with Crippen LogP contribution >= 0.6 is 0 Å². The second kappa shape index (κ2) is 4.59. The number of rotatable bonds is 4. The Morgan fingerprint density at radius 1 is 1.56 bits per heavy atom. The lowest BCUT2D eigenvalue weighted by molar-refractivity contribution is -0.149. The van der Waals surface area contributed by atoms with E-state index in [1.807, 2.05) is 32.9 Å². The third kappa shape index (κ3) is 2.07. The minimum Gasteiger partial charge on any atom is -0.495 e. The van der Waals surface area contributed by atoms with Gasteiger partial charge in [0.05, 0.1) is 24.8 Å². The number of methoxy groups -OCH3 is 1. The van der Waals surface area contributed by atoms with Gasteiger partial charge in [-0.25, -0.2) is 0 Å². The summed E-state index contributed by atoms with van der Waals surface area (Å²) in [5, 5.41) is 0. The van der Waals surface area contributed by atoms with Crippen molar-refractivity contribution >= 4 is 5.97 Å². The highest BCUT2D eigenvalue weighted by atomic mass is 16.5. The van der Waals surface area contributed by atoms with Crippen LogP contribution in [0, 0.1) is 12.3 Å². The second-order valence-electron chi connectivity index (χ2n) is 4.93. The van der Waals surface area contributed by atoms with Crippen LogP contribution in [-0.4, -0.2) is 24.7 Å². The summed E-state index contributed by atoms with van der Waals surface area (Å²) in [5.41, 5.74) is 1.36. The summed E-state index contributed by atoms with van der Waals surface area (Å²) in [5.74, 6) is 0.713. The zero-order chi connectivity index (χ0) is 13.3. The predicted molar refractivity (Wildman–Crippen MR) is 67.6 cm³/mol. The number of hydrogen-bond donors (Lipinski definition) is 0. The smallest absolute Gasteiger partial charge is 0.312 e. The molecule has 2 unspecified atom stereocenters. The normalized spacial score (nSPS) is 25.7. The van der Waals surface area contributed by atoms with E-state index in [1.165, 1.54) is 0 Å². The molecule has 1 aromatic heterocycles. The molecule has 2 rings (SSSR count). The first-order chi connectivity index (χ1) is 8.52. The lowest BCUT2D eigenvalue weighted by Crippen LogP contribution is -2.18. The minimum atomic E-state index is -0.440. The number of aryl methyl sites for hydroxylation is 1. The maximum absolute atomic E-state index is 11.9. The van der Waals surface area contributed by atoms with Crippen LogP contribution in [0.25, 0.3) is 0 Å². The number of ether oxygens (including phenoxy) is 2. The molecule has 1 heterocycles. The van der Waals surface area contributed by atoms with E-state index in [2.05, 4.69) is 4.98 Å². The summed E-state index contributed by atoms with van der Waals surface area (Å²) in [7, 11) is 1.62. The summed E-state index contributed by atoms with van der Waals surface area (Å²) < 4.78 is 10.4. The Hall–Kier alpha value is -1.58. The molecule has 18 heavy (non-hydrogen) atoms. The van der Waals surface area contributed by atoms with Gasteiger partial charge in [0.25, 0.3) is 0 Å². The van der Waals surface area contributed by atoms with Gasteiger partial charge in [0.1, 0.15) is 5.75 Å². The molecule has 1 aliphatic carbocycles. The summed E-state index contributed by atoms with van der Waals surface area (Å²) in [4.78, 5) is 16.4. The molecular weight excluding hydrogens is 230 g/mol. The first kappa shape index (κ1) is 12.9. The SMILES string of the molecule is CCOC(=O)C1(C)CC1c1nc(C)ccc1OC. The van der Waals surface area contributed by atoms with E-state index in [0.29, 0.717) is 6.61 Å². The van der Waals surface area contributed by atoms with Crippen LogP contribution in [0.3, 0.4) is 0 Å². The molecule has 1 fully saturated rings. The number of nitrogens with zero attached hydrogens (tertiary/aromatic N) is 1. The van der Waals surface area contributed by atoms with Crippen LogP contribution in [0.15, 0.2) is 12.1 Å². The largest absolute Gasteiger partial charge is 0.495 e. The number of esters is 1. The van der Waals surface area contributed by atoms with Gasteiger partial charge in [-0.1, -0.05) is 0 Å². The molecule has 1 saturated carbocycles. The molecule has 0 bridgehead atoms. The molecule has 1 aromatic rings. The van der Waals surface area contributed by atoms with E-state index in [9.17, 15) is 4.79 Å². The van der Waals surface area contributed by atoms with Gasteiger partial charge in [0.2, 0.25) is 0 Å². The third-order valence-electron chi connectivity index (χ3n) is 3.55. The van der Waals surface area contributed by atoms with Crippen molar-refractivity contribution in [2.24, 2.45) is 5.41 Å². The Morgan fingerprint density at radius 3 is 2.89 bits per heavy atom. The molecule has 1 aliphatic rings. The maximum Gasteiger partial charge on any atom is 0.312 e. The minimum absolute atomic E-state index is 0.103. The zero-order valence-corrected chi connectivity index (χ0v) is 11.3. The summed E-state index contributed by atoms with van der Waals surface area (Å²) in [6, 6.07) is 3.81. The van der Waals surface area contributed by atoms with Crippen molar-refractivity contribution in [3.05, 3.63) is 23.5 Å². The van der Waals surface area contributed by atoms with E-state index < -0.39 is 5.41 Å². The number of pyridine rings is 1. The summed E-state index contributed by atoms with van der Waals surface area (Å²) in [6.45, 7) is 6.11. The Labute approximate surface area is 107 Å². The fourth-order valence-electron chi connectivity index (χ4n) is 2.27. The monoisotopic (exact) mass is 249 g/mol. The average molecular weight is 249 g/mol. The van der Waals surface area contributed by atoms with Gasteiger partial charge in [0, 0.05) is 11.6 Å². The molecule has 0 aromatic carbocycles. The van der Waals surface area contributed by atoms with Gasteiger partial charge >= 0.3 is 5.97 Å². The molecule has 0 amide bonds.